The molecule has 88 valence electrons. The number of aromatic nitrogens is 1. The lowest BCUT2D eigenvalue weighted by molar-refractivity contribution is 0.0335. The van der Waals surface area contributed by atoms with Crippen LogP contribution in [0.2, 0.25) is 0 Å². The number of aromatic amines is 1. The Morgan fingerprint density at radius 3 is 2.75 bits per heavy atom. The summed E-state index contributed by atoms with van der Waals surface area (Å²) < 4.78 is 5.30. The van der Waals surface area contributed by atoms with Crippen LogP contribution in [0.1, 0.15) is 16.8 Å². The van der Waals surface area contributed by atoms with Crippen molar-refractivity contribution in [3.63, 3.8) is 0 Å². The summed E-state index contributed by atoms with van der Waals surface area (Å²) in [5.41, 5.74) is 2.80. The molecule has 0 aliphatic carbocycles. The van der Waals surface area contributed by atoms with Crippen LogP contribution in [0.5, 0.6) is 0 Å². The van der Waals surface area contributed by atoms with Crippen molar-refractivity contribution in [1.29, 1.82) is 0 Å². The summed E-state index contributed by atoms with van der Waals surface area (Å²) in [7, 11) is 0. The number of H-pyrrole nitrogens is 1. The lowest BCUT2D eigenvalue weighted by Gasteiger charge is -2.26. The van der Waals surface area contributed by atoms with Gasteiger partial charge in [-0.3, -0.25) is 9.69 Å². The number of morpholine rings is 1. The van der Waals surface area contributed by atoms with E-state index in [0.29, 0.717) is 0 Å². The fourth-order valence-corrected chi connectivity index (χ4v) is 1.95. The molecule has 1 aromatic rings. The van der Waals surface area contributed by atoms with Crippen LogP contribution in [-0.2, 0) is 11.3 Å². The molecular formula is C12H18N2O2. The normalized spacial score (nSPS) is 17.6. The fraction of sp³-hybridized carbons (Fsp3) is 0.583. The maximum absolute atomic E-state index is 11.8. The topological polar surface area (TPSA) is 45.3 Å². The van der Waals surface area contributed by atoms with Crippen LogP contribution in [0.25, 0.3) is 0 Å². The van der Waals surface area contributed by atoms with Gasteiger partial charge in [-0.25, -0.2) is 0 Å². The summed E-state index contributed by atoms with van der Waals surface area (Å²) in [5, 5.41) is 0. The highest BCUT2D eigenvalue weighted by Crippen LogP contribution is 2.07. The second-order valence-electron chi connectivity index (χ2n) is 4.29. The van der Waals surface area contributed by atoms with Gasteiger partial charge < -0.3 is 9.72 Å². The van der Waals surface area contributed by atoms with Gasteiger partial charge >= 0.3 is 0 Å². The first-order valence-electron chi connectivity index (χ1n) is 5.66. The molecule has 0 amide bonds. The largest absolute Gasteiger partial charge is 0.379 e. The number of nitrogens with one attached hydrogen (secondary N) is 1. The molecule has 2 heterocycles. The van der Waals surface area contributed by atoms with E-state index in [1.807, 2.05) is 13.8 Å². The standard InChI is InChI=1S/C12H18N2O2/c1-9-7-13-11(10(2)12(9)15)8-14-3-5-16-6-4-14/h7H,3-6,8H2,1-2H3,(H,13,15). The van der Waals surface area contributed by atoms with E-state index in [1.165, 1.54) is 0 Å². The van der Waals surface area contributed by atoms with Gasteiger partial charge in [0.2, 0.25) is 0 Å². The van der Waals surface area contributed by atoms with Crippen molar-refractivity contribution in [2.75, 3.05) is 26.3 Å². The van der Waals surface area contributed by atoms with E-state index in [1.54, 1.807) is 6.20 Å². The maximum atomic E-state index is 11.8. The third-order valence-corrected chi connectivity index (χ3v) is 3.10. The number of rotatable bonds is 2. The number of ether oxygens (including phenoxy) is 1. The molecule has 0 spiro atoms. The third kappa shape index (κ3) is 2.33. The van der Waals surface area contributed by atoms with Gasteiger partial charge in [0.25, 0.3) is 0 Å². The van der Waals surface area contributed by atoms with E-state index in [0.717, 1.165) is 49.7 Å². The maximum Gasteiger partial charge on any atom is 0.187 e. The van der Waals surface area contributed by atoms with Gasteiger partial charge in [0.1, 0.15) is 0 Å². The van der Waals surface area contributed by atoms with Crippen molar-refractivity contribution in [2.45, 2.75) is 20.4 Å². The van der Waals surface area contributed by atoms with Gasteiger partial charge in [-0.05, 0) is 13.8 Å². The average molecular weight is 222 g/mol. The number of hydrogen-bond acceptors (Lipinski definition) is 3. The summed E-state index contributed by atoms with van der Waals surface area (Å²) in [6.07, 6.45) is 1.80. The highest BCUT2D eigenvalue weighted by Gasteiger charge is 2.13. The summed E-state index contributed by atoms with van der Waals surface area (Å²) in [4.78, 5) is 17.3. The summed E-state index contributed by atoms with van der Waals surface area (Å²) in [5.74, 6) is 0. The Bertz CT molecular complexity index is 420. The highest BCUT2D eigenvalue weighted by molar-refractivity contribution is 5.23. The Hall–Kier alpha value is -1.13. The van der Waals surface area contributed by atoms with Crippen LogP contribution in [-0.4, -0.2) is 36.2 Å². The molecule has 0 aromatic carbocycles. The van der Waals surface area contributed by atoms with Gasteiger partial charge in [0.05, 0.1) is 13.2 Å². The minimum Gasteiger partial charge on any atom is -0.379 e. The highest BCUT2D eigenvalue weighted by atomic mass is 16.5. The number of hydrogen-bond donors (Lipinski definition) is 1. The van der Waals surface area contributed by atoms with E-state index in [-0.39, 0.29) is 5.43 Å². The molecule has 4 nitrogen and oxygen atoms in total. The first-order valence-corrected chi connectivity index (χ1v) is 5.66. The van der Waals surface area contributed by atoms with Gasteiger partial charge in [-0.2, -0.15) is 0 Å². The lowest BCUT2D eigenvalue weighted by atomic mass is 10.1. The smallest absolute Gasteiger partial charge is 0.187 e. The molecular weight excluding hydrogens is 204 g/mol. The van der Waals surface area contributed by atoms with Crippen LogP contribution < -0.4 is 5.43 Å². The molecule has 1 saturated heterocycles. The van der Waals surface area contributed by atoms with Crippen LogP contribution in [0.15, 0.2) is 11.0 Å². The second-order valence-corrected chi connectivity index (χ2v) is 4.29. The SMILES string of the molecule is Cc1c[nH]c(CN2CCOCC2)c(C)c1=O. The monoisotopic (exact) mass is 222 g/mol. The lowest BCUT2D eigenvalue weighted by Crippen LogP contribution is -2.36. The predicted octanol–water partition coefficient (Wildman–Crippen LogP) is 0.824. The fourth-order valence-electron chi connectivity index (χ4n) is 1.95. The summed E-state index contributed by atoms with van der Waals surface area (Å²) in [6, 6.07) is 0. The molecule has 0 saturated carbocycles. The molecule has 16 heavy (non-hydrogen) atoms. The van der Waals surface area contributed by atoms with E-state index in [2.05, 4.69) is 9.88 Å². The number of pyridine rings is 1. The van der Waals surface area contributed by atoms with Crippen molar-refractivity contribution in [1.82, 2.24) is 9.88 Å². The number of aryl methyl sites for hydroxylation is 1. The van der Waals surface area contributed by atoms with E-state index >= 15 is 0 Å². The zero-order chi connectivity index (χ0) is 11.5. The van der Waals surface area contributed by atoms with Gasteiger partial charge in [-0.15, -0.1) is 0 Å². The van der Waals surface area contributed by atoms with E-state index in [9.17, 15) is 4.79 Å². The molecule has 0 radical (unpaired) electrons. The third-order valence-electron chi connectivity index (χ3n) is 3.10. The Balaban J connectivity index is 2.15. The van der Waals surface area contributed by atoms with Crippen molar-refractivity contribution in [3.05, 3.63) is 33.2 Å². The zero-order valence-electron chi connectivity index (χ0n) is 9.88. The minimum atomic E-state index is 0.155. The van der Waals surface area contributed by atoms with Crippen LogP contribution in [0.4, 0.5) is 0 Å². The van der Waals surface area contributed by atoms with Gasteiger partial charge in [0, 0.05) is 42.7 Å². The van der Waals surface area contributed by atoms with Gasteiger partial charge in [0.15, 0.2) is 5.43 Å². The molecule has 0 atom stereocenters. The van der Waals surface area contributed by atoms with Gasteiger partial charge in [-0.1, -0.05) is 0 Å². The summed E-state index contributed by atoms with van der Waals surface area (Å²) >= 11 is 0. The van der Waals surface area contributed by atoms with Crippen molar-refractivity contribution in [2.24, 2.45) is 0 Å². The van der Waals surface area contributed by atoms with E-state index in [4.69, 9.17) is 4.74 Å². The number of nitrogens with zero attached hydrogens (tertiary/aromatic N) is 1. The quantitative estimate of drug-likeness (QED) is 0.806. The molecule has 1 aromatic heterocycles. The van der Waals surface area contributed by atoms with Crippen LogP contribution in [0.3, 0.4) is 0 Å². The molecule has 2 rings (SSSR count). The molecule has 1 N–H and O–H groups in total. The predicted molar refractivity (Wildman–Crippen MR) is 62.6 cm³/mol. The molecule has 1 aliphatic heterocycles. The second kappa shape index (κ2) is 4.80. The molecule has 0 bridgehead atoms. The van der Waals surface area contributed by atoms with E-state index < -0.39 is 0 Å². The Morgan fingerprint density at radius 2 is 2.06 bits per heavy atom. The Kier molecular flexibility index (Phi) is 3.41. The zero-order valence-corrected chi connectivity index (χ0v) is 9.88. The molecule has 4 heteroatoms. The summed E-state index contributed by atoms with van der Waals surface area (Å²) in [6.45, 7) is 7.99. The van der Waals surface area contributed by atoms with Crippen molar-refractivity contribution < 1.29 is 4.74 Å². The minimum absolute atomic E-state index is 0.155. The average Bonchev–Trinajstić information content (AvgIpc) is 2.31. The van der Waals surface area contributed by atoms with Crippen molar-refractivity contribution in [3.8, 4) is 0 Å². The first kappa shape index (κ1) is 11.4. The molecule has 1 aliphatic rings. The van der Waals surface area contributed by atoms with Crippen LogP contribution >= 0.6 is 0 Å². The molecule has 1 fully saturated rings. The molecule has 0 unspecified atom stereocenters. The first-order chi connectivity index (χ1) is 7.68. The Labute approximate surface area is 95.2 Å². The van der Waals surface area contributed by atoms with Crippen molar-refractivity contribution >= 4 is 0 Å². The van der Waals surface area contributed by atoms with Crippen LogP contribution in [0, 0.1) is 13.8 Å². The Morgan fingerprint density at radius 1 is 1.38 bits per heavy atom.